The van der Waals surface area contributed by atoms with Crippen molar-refractivity contribution in [3.8, 4) is 11.5 Å². The standard InChI is InChI=1S/C15H14Br2N2O2/c1-2-19-15(20)11-5-4-10(18)8-14(11)21-13-6-3-9(16)7-12(13)17/h3-8H,2,18H2,1H3,(H,19,20). The number of ether oxygens (including phenoxy) is 1. The molecule has 6 heteroatoms. The zero-order valence-electron chi connectivity index (χ0n) is 11.3. The SMILES string of the molecule is CCNC(=O)c1ccc(N)cc1Oc1ccc(Br)cc1Br. The molecule has 0 unspecified atom stereocenters. The third-order valence-electron chi connectivity index (χ3n) is 2.70. The molecule has 2 rings (SSSR count). The maximum Gasteiger partial charge on any atom is 0.255 e. The Kier molecular flexibility index (Phi) is 5.25. The van der Waals surface area contributed by atoms with Crippen molar-refractivity contribution in [3.63, 3.8) is 0 Å². The number of hydrogen-bond donors (Lipinski definition) is 2. The summed E-state index contributed by atoms with van der Waals surface area (Å²) in [6.07, 6.45) is 0. The van der Waals surface area contributed by atoms with Crippen molar-refractivity contribution < 1.29 is 9.53 Å². The number of rotatable bonds is 4. The number of hydrogen-bond acceptors (Lipinski definition) is 3. The van der Waals surface area contributed by atoms with Gasteiger partial charge in [0.25, 0.3) is 5.91 Å². The molecule has 0 radical (unpaired) electrons. The molecule has 0 aliphatic heterocycles. The largest absolute Gasteiger partial charge is 0.455 e. The van der Waals surface area contributed by atoms with E-state index in [1.54, 1.807) is 24.3 Å². The molecule has 0 saturated heterocycles. The van der Waals surface area contributed by atoms with Crippen LogP contribution in [0.4, 0.5) is 5.69 Å². The fourth-order valence-electron chi connectivity index (χ4n) is 1.74. The maximum absolute atomic E-state index is 12.1. The van der Waals surface area contributed by atoms with Crippen LogP contribution in [0.5, 0.6) is 11.5 Å². The van der Waals surface area contributed by atoms with Gasteiger partial charge in [0.2, 0.25) is 0 Å². The van der Waals surface area contributed by atoms with E-state index >= 15 is 0 Å². The molecular weight excluding hydrogens is 400 g/mol. The van der Waals surface area contributed by atoms with E-state index in [9.17, 15) is 4.79 Å². The molecule has 21 heavy (non-hydrogen) atoms. The van der Waals surface area contributed by atoms with Gasteiger partial charge in [-0.1, -0.05) is 15.9 Å². The molecule has 0 aliphatic carbocycles. The summed E-state index contributed by atoms with van der Waals surface area (Å²) in [6, 6.07) is 10.5. The number of anilines is 1. The van der Waals surface area contributed by atoms with E-state index < -0.39 is 0 Å². The van der Waals surface area contributed by atoms with Gasteiger partial charge in [0, 0.05) is 22.8 Å². The fraction of sp³-hybridized carbons (Fsp3) is 0.133. The fourth-order valence-corrected chi connectivity index (χ4v) is 2.87. The minimum absolute atomic E-state index is 0.194. The first-order valence-electron chi connectivity index (χ1n) is 6.32. The van der Waals surface area contributed by atoms with Gasteiger partial charge >= 0.3 is 0 Å². The number of benzene rings is 2. The minimum Gasteiger partial charge on any atom is -0.455 e. The van der Waals surface area contributed by atoms with Crippen LogP contribution in [0.25, 0.3) is 0 Å². The molecule has 4 nitrogen and oxygen atoms in total. The number of nitrogen functional groups attached to an aromatic ring is 1. The average molecular weight is 414 g/mol. The summed E-state index contributed by atoms with van der Waals surface area (Å²) in [6.45, 7) is 2.41. The van der Waals surface area contributed by atoms with Crippen LogP contribution in [0.1, 0.15) is 17.3 Å². The lowest BCUT2D eigenvalue weighted by Crippen LogP contribution is -2.23. The van der Waals surface area contributed by atoms with Crippen molar-refractivity contribution in [1.82, 2.24) is 5.32 Å². The molecule has 1 amide bonds. The highest BCUT2D eigenvalue weighted by molar-refractivity contribution is 9.11. The van der Waals surface area contributed by atoms with Crippen LogP contribution in [0, 0.1) is 0 Å². The van der Waals surface area contributed by atoms with Gasteiger partial charge in [0.15, 0.2) is 0 Å². The molecule has 0 aliphatic rings. The van der Waals surface area contributed by atoms with Gasteiger partial charge in [0.05, 0.1) is 10.0 Å². The van der Waals surface area contributed by atoms with Gasteiger partial charge in [-0.2, -0.15) is 0 Å². The Bertz CT molecular complexity index is 675. The summed E-state index contributed by atoms with van der Waals surface area (Å²) in [5, 5.41) is 2.75. The Hall–Kier alpha value is -1.53. The van der Waals surface area contributed by atoms with Crippen LogP contribution < -0.4 is 15.8 Å². The van der Waals surface area contributed by atoms with E-state index in [4.69, 9.17) is 10.5 Å². The van der Waals surface area contributed by atoms with E-state index in [0.29, 0.717) is 29.3 Å². The molecule has 0 aromatic heterocycles. The Balaban J connectivity index is 2.38. The second kappa shape index (κ2) is 6.95. The summed E-state index contributed by atoms with van der Waals surface area (Å²) < 4.78 is 7.54. The summed E-state index contributed by atoms with van der Waals surface area (Å²) in [4.78, 5) is 12.1. The van der Waals surface area contributed by atoms with Crippen LogP contribution in [-0.4, -0.2) is 12.5 Å². The summed E-state index contributed by atoms with van der Waals surface area (Å²) in [7, 11) is 0. The Morgan fingerprint density at radius 3 is 2.62 bits per heavy atom. The first kappa shape index (κ1) is 15.9. The second-order valence-corrected chi connectivity index (χ2v) is 6.06. The first-order chi connectivity index (χ1) is 10.0. The number of halogens is 2. The Labute approximate surface area is 139 Å². The second-order valence-electron chi connectivity index (χ2n) is 4.29. The third kappa shape index (κ3) is 3.98. The highest BCUT2D eigenvalue weighted by Crippen LogP contribution is 2.34. The van der Waals surface area contributed by atoms with Crippen LogP contribution in [-0.2, 0) is 0 Å². The van der Waals surface area contributed by atoms with Gasteiger partial charge in [-0.25, -0.2) is 0 Å². The first-order valence-corrected chi connectivity index (χ1v) is 7.90. The van der Waals surface area contributed by atoms with Crippen molar-refractivity contribution in [1.29, 1.82) is 0 Å². The number of nitrogens with two attached hydrogens (primary N) is 1. The monoisotopic (exact) mass is 412 g/mol. The zero-order chi connectivity index (χ0) is 15.4. The molecule has 0 saturated carbocycles. The van der Waals surface area contributed by atoms with E-state index in [-0.39, 0.29) is 5.91 Å². The van der Waals surface area contributed by atoms with E-state index in [1.165, 1.54) is 0 Å². The zero-order valence-corrected chi connectivity index (χ0v) is 14.5. The van der Waals surface area contributed by atoms with Crippen LogP contribution in [0.15, 0.2) is 45.3 Å². The minimum atomic E-state index is -0.194. The lowest BCUT2D eigenvalue weighted by molar-refractivity contribution is 0.0953. The summed E-state index contributed by atoms with van der Waals surface area (Å²) in [5.74, 6) is 0.832. The van der Waals surface area contributed by atoms with Crippen molar-refractivity contribution in [2.45, 2.75) is 6.92 Å². The molecule has 0 atom stereocenters. The van der Waals surface area contributed by atoms with Crippen LogP contribution in [0.2, 0.25) is 0 Å². The van der Waals surface area contributed by atoms with E-state index in [0.717, 1.165) is 8.95 Å². The van der Waals surface area contributed by atoms with Crippen molar-refractivity contribution in [2.75, 3.05) is 12.3 Å². The molecule has 0 spiro atoms. The van der Waals surface area contributed by atoms with E-state index in [1.807, 2.05) is 19.1 Å². The van der Waals surface area contributed by atoms with E-state index in [2.05, 4.69) is 37.2 Å². The molecule has 0 bridgehead atoms. The predicted molar refractivity (Wildman–Crippen MR) is 90.8 cm³/mol. The molecule has 110 valence electrons. The molecule has 0 heterocycles. The highest BCUT2D eigenvalue weighted by Gasteiger charge is 2.14. The molecular formula is C15H14Br2N2O2. The normalized spacial score (nSPS) is 10.2. The molecule has 0 fully saturated rings. The number of amides is 1. The molecule has 3 N–H and O–H groups in total. The lowest BCUT2D eigenvalue weighted by atomic mass is 10.1. The number of carbonyl (C=O) groups excluding carboxylic acids is 1. The highest BCUT2D eigenvalue weighted by atomic mass is 79.9. The van der Waals surface area contributed by atoms with Gasteiger partial charge < -0.3 is 15.8 Å². The van der Waals surface area contributed by atoms with Crippen molar-refractivity contribution in [2.24, 2.45) is 0 Å². The molecule has 2 aromatic carbocycles. The lowest BCUT2D eigenvalue weighted by Gasteiger charge is -2.13. The quantitative estimate of drug-likeness (QED) is 0.733. The summed E-state index contributed by atoms with van der Waals surface area (Å²) >= 11 is 6.81. The van der Waals surface area contributed by atoms with Crippen LogP contribution in [0.3, 0.4) is 0 Å². The van der Waals surface area contributed by atoms with Gasteiger partial charge in [-0.3, -0.25) is 4.79 Å². The summed E-state index contributed by atoms with van der Waals surface area (Å²) in [5.41, 5.74) is 6.77. The Morgan fingerprint density at radius 1 is 1.19 bits per heavy atom. The van der Waals surface area contributed by atoms with Gasteiger partial charge in [-0.15, -0.1) is 0 Å². The topological polar surface area (TPSA) is 64.4 Å². The number of nitrogens with one attached hydrogen (secondary N) is 1. The number of carbonyl (C=O) groups is 1. The van der Waals surface area contributed by atoms with Crippen LogP contribution >= 0.6 is 31.9 Å². The predicted octanol–water partition coefficient (Wildman–Crippen LogP) is 4.34. The maximum atomic E-state index is 12.1. The third-order valence-corrected chi connectivity index (χ3v) is 3.81. The van der Waals surface area contributed by atoms with Crippen molar-refractivity contribution >= 4 is 43.5 Å². The smallest absolute Gasteiger partial charge is 0.255 e. The van der Waals surface area contributed by atoms with Gasteiger partial charge in [0.1, 0.15) is 11.5 Å². The van der Waals surface area contributed by atoms with Crippen molar-refractivity contribution in [3.05, 3.63) is 50.9 Å². The Morgan fingerprint density at radius 2 is 1.95 bits per heavy atom. The van der Waals surface area contributed by atoms with Gasteiger partial charge in [-0.05, 0) is 53.2 Å². The molecule has 2 aromatic rings. The average Bonchev–Trinajstić information content (AvgIpc) is 2.42.